The van der Waals surface area contributed by atoms with Crippen molar-refractivity contribution >= 4 is 21.8 Å². The molecule has 1 N–H and O–H groups in total. The molecule has 0 aliphatic carbocycles. The van der Waals surface area contributed by atoms with Crippen molar-refractivity contribution in [1.82, 2.24) is 5.32 Å². The third-order valence-electron chi connectivity index (χ3n) is 3.49. The highest BCUT2D eigenvalue weighted by Crippen LogP contribution is 2.20. The normalized spacial score (nSPS) is 23.1. The molecule has 2 unspecified atom stereocenters. The molecule has 1 aliphatic rings. The van der Waals surface area contributed by atoms with Crippen LogP contribution in [0, 0.1) is 12.8 Å². The zero-order valence-corrected chi connectivity index (χ0v) is 12.3. The third-order valence-corrected chi connectivity index (χ3v) is 4.35. The van der Waals surface area contributed by atoms with Gasteiger partial charge in [-0.2, -0.15) is 0 Å². The number of benzene rings is 1. The lowest BCUT2D eigenvalue weighted by Gasteiger charge is -2.14. The van der Waals surface area contributed by atoms with Crippen LogP contribution in [-0.2, 0) is 4.74 Å². The van der Waals surface area contributed by atoms with Crippen LogP contribution in [0.25, 0.3) is 0 Å². The molecule has 1 aromatic rings. The second-order valence-corrected chi connectivity index (χ2v) is 5.65. The highest BCUT2D eigenvalue weighted by molar-refractivity contribution is 9.10. The number of halogens is 1. The lowest BCUT2D eigenvalue weighted by molar-refractivity contribution is 0.0907. The zero-order valence-electron chi connectivity index (χ0n) is 10.7. The van der Waals surface area contributed by atoms with E-state index in [-0.39, 0.29) is 12.0 Å². The van der Waals surface area contributed by atoms with Crippen molar-refractivity contribution in [2.45, 2.75) is 26.4 Å². The molecule has 1 fully saturated rings. The maximum absolute atomic E-state index is 12.0. The largest absolute Gasteiger partial charge is 0.378 e. The van der Waals surface area contributed by atoms with Crippen molar-refractivity contribution in [2.75, 3.05) is 13.2 Å². The Morgan fingerprint density at radius 3 is 2.94 bits per heavy atom. The second kappa shape index (κ2) is 5.85. The number of carbonyl (C=O) groups is 1. The van der Waals surface area contributed by atoms with E-state index in [9.17, 15) is 4.79 Å². The quantitative estimate of drug-likeness (QED) is 0.932. The fourth-order valence-electron chi connectivity index (χ4n) is 2.10. The van der Waals surface area contributed by atoms with E-state index >= 15 is 0 Å². The van der Waals surface area contributed by atoms with E-state index in [1.165, 1.54) is 0 Å². The van der Waals surface area contributed by atoms with Crippen LogP contribution >= 0.6 is 15.9 Å². The molecule has 0 aromatic heterocycles. The predicted molar refractivity (Wildman–Crippen MR) is 74.7 cm³/mol. The smallest absolute Gasteiger partial charge is 0.251 e. The highest BCUT2D eigenvalue weighted by atomic mass is 79.9. The Labute approximate surface area is 116 Å². The van der Waals surface area contributed by atoms with Gasteiger partial charge in [0.25, 0.3) is 5.91 Å². The summed E-state index contributed by atoms with van der Waals surface area (Å²) in [6.07, 6.45) is 1.27. The summed E-state index contributed by atoms with van der Waals surface area (Å²) in [6, 6.07) is 5.66. The summed E-state index contributed by atoms with van der Waals surface area (Å²) < 4.78 is 6.44. The van der Waals surface area contributed by atoms with E-state index in [1.54, 1.807) is 0 Å². The van der Waals surface area contributed by atoms with Crippen LogP contribution in [0.4, 0.5) is 0 Å². The molecule has 1 aromatic carbocycles. The highest BCUT2D eigenvalue weighted by Gasteiger charge is 2.24. The first-order valence-corrected chi connectivity index (χ1v) is 7.03. The second-order valence-electron chi connectivity index (χ2n) is 4.80. The number of amides is 1. The zero-order chi connectivity index (χ0) is 13.1. The van der Waals surface area contributed by atoms with Gasteiger partial charge in [-0.25, -0.2) is 0 Å². The van der Waals surface area contributed by atoms with Crippen molar-refractivity contribution < 1.29 is 9.53 Å². The van der Waals surface area contributed by atoms with Gasteiger partial charge in [0.05, 0.1) is 6.10 Å². The molecule has 1 amide bonds. The Balaban J connectivity index is 1.93. The van der Waals surface area contributed by atoms with Crippen molar-refractivity contribution in [1.29, 1.82) is 0 Å². The Morgan fingerprint density at radius 2 is 2.33 bits per heavy atom. The van der Waals surface area contributed by atoms with E-state index in [0.29, 0.717) is 18.0 Å². The van der Waals surface area contributed by atoms with Gasteiger partial charge in [0.2, 0.25) is 0 Å². The van der Waals surface area contributed by atoms with Crippen LogP contribution in [0.15, 0.2) is 22.7 Å². The van der Waals surface area contributed by atoms with Crippen molar-refractivity contribution in [2.24, 2.45) is 5.92 Å². The lowest BCUT2D eigenvalue weighted by atomic mass is 10.0. The van der Waals surface area contributed by atoms with E-state index in [0.717, 1.165) is 23.1 Å². The summed E-state index contributed by atoms with van der Waals surface area (Å²) in [7, 11) is 0. The molecule has 3 nitrogen and oxygen atoms in total. The van der Waals surface area contributed by atoms with Gasteiger partial charge in [-0.3, -0.25) is 4.79 Å². The van der Waals surface area contributed by atoms with E-state index < -0.39 is 0 Å². The van der Waals surface area contributed by atoms with Gasteiger partial charge in [0.15, 0.2) is 0 Å². The number of hydrogen-bond acceptors (Lipinski definition) is 2. The topological polar surface area (TPSA) is 38.3 Å². The van der Waals surface area contributed by atoms with Crippen LogP contribution in [0.5, 0.6) is 0 Å². The molecule has 0 radical (unpaired) electrons. The molecule has 18 heavy (non-hydrogen) atoms. The first-order valence-electron chi connectivity index (χ1n) is 6.24. The molecular weight excluding hydrogens is 294 g/mol. The summed E-state index contributed by atoms with van der Waals surface area (Å²) >= 11 is 3.44. The number of nitrogens with one attached hydrogen (secondary N) is 1. The Hall–Kier alpha value is -0.870. The standard InChI is InChI=1S/C14H18BrNO2/c1-9-3-4-11(7-13(9)15)14(17)16-8-12-5-6-18-10(12)2/h3-4,7,10,12H,5-6,8H2,1-2H3,(H,16,17). The Kier molecular flexibility index (Phi) is 4.40. The fraction of sp³-hybridized carbons (Fsp3) is 0.500. The molecule has 2 atom stereocenters. The van der Waals surface area contributed by atoms with Crippen LogP contribution in [0.2, 0.25) is 0 Å². The molecule has 1 heterocycles. The lowest BCUT2D eigenvalue weighted by Crippen LogP contribution is -2.31. The number of ether oxygens (including phenoxy) is 1. The fourth-order valence-corrected chi connectivity index (χ4v) is 2.48. The van der Waals surface area contributed by atoms with Crippen molar-refractivity contribution in [3.05, 3.63) is 33.8 Å². The predicted octanol–water partition coefficient (Wildman–Crippen LogP) is 2.91. The number of aryl methyl sites for hydroxylation is 1. The Bertz CT molecular complexity index is 447. The minimum atomic E-state index is -0.0187. The van der Waals surface area contributed by atoms with Crippen molar-refractivity contribution in [3.8, 4) is 0 Å². The van der Waals surface area contributed by atoms with Crippen LogP contribution in [0.3, 0.4) is 0 Å². The van der Waals surface area contributed by atoms with Crippen molar-refractivity contribution in [3.63, 3.8) is 0 Å². The van der Waals surface area contributed by atoms with E-state index in [2.05, 4.69) is 28.2 Å². The average Bonchev–Trinajstić information content (AvgIpc) is 2.75. The SMILES string of the molecule is Cc1ccc(C(=O)NCC2CCOC2C)cc1Br. The van der Waals surface area contributed by atoms with Gasteiger partial charge in [-0.15, -0.1) is 0 Å². The summed E-state index contributed by atoms with van der Waals surface area (Å²) in [4.78, 5) is 12.0. The molecule has 98 valence electrons. The molecule has 0 saturated carbocycles. The van der Waals surface area contributed by atoms with Crippen LogP contribution < -0.4 is 5.32 Å². The van der Waals surface area contributed by atoms with Gasteiger partial charge in [-0.1, -0.05) is 22.0 Å². The average molecular weight is 312 g/mol. The van der Waals surface area contributed by atoms with Crippen LogP contribution in [0.1, 0.15) is 29.3 Å². The summed E-state index contributed by atoms with van der Waals surface area (Å²) in [6.45, 7) is 5.55. The minimum absolute atomic E-state index is 0.0187. The molecule has 2 rings (SSSR count). The first-order chi connectivity index (χ1) is 8.58. The summed E-state index contributed by atoms with van der Waals surface area (Å²) in [5, 5.41) is 2.98. The molecule has 0 bridgehead atoms. The van der Waals surface area contributed by atoms with Gasteiger partial charge < -0.3 is 10.1 Å². The summed E-state index contributed by atoms with van der Waals surface area (Å²) in [5.74, 6) is 0.414. The molecule has 0 spiro atoms. The molecular formula is C14H18BrNO2. The maximum Gasteiger partial charge on any atom is 0.251 e. The molecule has 4 heteroatoms. The van der Waals surface area contributed by atoms with Gasteiger partial charge in [0, 0.05) is 29.1 Å². The van der Waals surface area contributed by atoms with Gasteiger partial charge >= 0.3 is 0 Å². The molecule has 1 saturated heterocycles. The van der Waals surface area contributed by atoms with E-state index in [4.69, 9.17) is 4.74 Å². The first kappa shape index (κ1) is 13.6. The third kappa shape index (κ3) is 3.12. The molecule has 1 aliphatic heterocycles. The van der Waals surface area contributed by atoms with E-state index in [1.807, 2.05) is 25.1 Å². The van der Waals surface area contributed by atoms with Crippen LogP contribution in [-0.4, -0.2) is 25.2 Å². The number of carbonyl (C=O) groups excluding carboxylic acids is 1. The summed E-state index contributed by atoms with van der Waals surface area (Å²) in [5.41, 5.74) is 1.82. The monoisotopic (exact) mass is 311 g/mol. The van der Waals surface area contributed by atoms with Gasteiger partial charge in [-0.05, 0) is 38.0 Å². The Morgan fingerprint density at radius 1 is 1.56 bits per heavy atom. The van der Waals surface area contributed by atoms with Gasteiger partial charge in [0.1, 0.15) is 0 Å². The minimum Gasteiger partial charge on any atom is -0.378 e. The number of rotatable bonds is 3. The number of hydrogen-bond donors (Lipinski definition) is 1. The maximum atomic E-state index is 12.0.